The second-order valence-electron chi connectivity index (χ2n) is 3.60. The van der Waals surface area contributed by atoms with Crippen LogP contribution in [-0.2, 0) is 6.54 Å². The molecule has 0 aliphatic carbocycles. The van der Waals surface area contributed by atoms with Gasteiger partial charge in [0.25, 0.3) is 0 Å². The van der Waals surface area contributed by atoms with Crippen molar-refractivity contribution < 1.29 is 8.78 Å². The van der Waals surface area contributed by atoms with Crippen LogP contribution in [0.25, 0.3) is 0 Å². The number of nitrogens with one attached hydrogen (secondary N) is 1. The zero-order valence-corrected chi connectivity index (χ0v) is 9.64. The second kappa shape index (κ2) is 5.15. The van der Waals surface area contributed by atoms with E-state index in [9.17, 15) is 8.78 Å². The minimum Gasteiger partial charge on any atom is -0.381 e. The second-order valence-corrected chi connectivity index (χ2v) is 4.01. The molecule has 0 fully saturated rings. The molecule has 1 nitrogen and oxygen atoms in total. The van der Waals surface area contributed by atoms with Gasteiger partial charge in [0, 0.05) is 17.3 Å². The molecule has 0 aromatic heterocycles. The highest BCUT2D eigenvalue weighted by Gasteiger charge is 2.02. The molecule has 2 aromatic rings. The molecule has 1 N–H and O–H groups in total. The third-order valence-corrected chi connectivity index (χ3v) is 2.68. The Morgan fingerprint density at radius 2 is 1.76 bits per heavy atom. The predicted octanol–water partition coefficient (Wildman–Crippen LogP) is 4.23. The summed E-state index contributed by atoms with van der Waals surface area (Å²) in [5.74, 6) is -0.661. The molecule has 0 radical (unpaired) electrons. The van der Waals surface area contributed by atoms with Crippen LogP contribution in [0.3, 0.4) is 0 Å². The number of benzene rings is 2. The predicted molar refractivity (Wildman–Crippen MR) is 65.1 cm³/mol. The van der Waals surface area contributed by atoms with Crippen LogP contribution in [0.5, 0.6) is 0 Å². The minimum atomic E-state index is -0.342. The number of anilines is 1. The first-order valence-electron chi connectivity index (χ1n) is 5.08. The summed E-state index contributed by atoms with van der Waals surface area (Å²) < 4.78 is 25.9. The Hall–Kier alpha value is -1.61. The van der Waals surface area contributed by atoms with Gasteiger partial charge in [-0.25, -0.2) is 8.78 Å². The van der Waals surface area contributed by atoms with Crippen LogP contribution in [0.4, 0.5) is 14.5 Å². The third kappa shape index (κ3) is 3.17. The molecule has 0 bridgehead atoms. The Bertz CT molecular complexity index is 529. The summed E-state index contributed by atoms with van der Waals surface area (Å²) in [6, 6.07) is 10.2. The highest BCUT2D eigenvalue weighted by atomic mass is 35.5. The van der Waals surface area contributed by atoms with Crippen molar-refractivity contribution in [1.29, 1.82) is 0 Å². The van der Waals surface area contributed by atoms with Crippen molar-refractivity contribution >= 4 is 17.3 Å². The molecule has 0 heterocycles. The first kappa shape index (κ1) is 11.9. The lowest BCUT2D eigenvalue weighted by molar-refractivity contribution is 0.625. The summed E-state index contributed by atoms with van der Waals surface area (Å²) in [5.41, 5.74) is 1.27. The monoisotopic (exact) mass is 253 g/mol. The highest BCUT2D eigenvalue weighted by molar-refractivity contribution is 6.31. The molecule has 0 saturated heterocycles. The van der Waals surface area contributed by atoms with E-state index in [1.54, 1.807) is 12.1 Å². The van der Waals surface area contributed by atoms with Crippen molar-refractivity contribution in [3.63, 3.8) is 0 Å². The molecular formula is C13H10ClF2N. The van der Waals surface area contributed by atoms with E-state index in [2.05, 4.69) is 5.32 Å². The van der Waals surface area contributed by atoms with Crippen LogP contribution < -0.4 is 5.32 Å². The minimum absolute atomic E-state index is 0.319. The van der Waals surface area contributed by atoms with Gasteiger partial charge in [0.15, 0.2) is 0 Å². The third-order valence-electron chi connectivity index (χ3n) is 2.32. The highest BCUT2D eigenvalue weighted by Crippen LogP contribution is 2.19. The normalized spacial score (nSPS) is 10.3. The van der Waals surface area contributed by atoms with E-state index < -0.39 is 0 Å². The van der Waals surface area contributed by atoms with Crippen LogP contribution in [-0.4, -0.2) is 0 Å². The van der Waals surface area contributed by atoms with Gasteiger partial charge < -0.3 is 5.32 Å². The van der Waals surface area contributed by atoms with Crippen molar-refractivity contribution in [2.75, 3.05) is 5.32 Å². The Morgan fingerprint density at radius 3 is 2.53 bits per heavy atom. The summed E-state index contributed by atoms with van der Waals surface area (Å²) in [5, 5.41) is 3.46. The van der Waals surface area contributed by atoms with E-state index in [1.165, 1.54) is 30.3 Å². The van der Waals surface area contributed by atoms with Crippen LogP contribution in [0.2, 0.25) is 5.02 Å². The van der Waals surface area contributed by atoms with E-state index in [0.717, 1.165) is 0 Å². The average Bonchev–Trinajstić information content (AvgIpc) is 2.30. The standard InChI is InChI=1S/C13H10ClF2N/c14-13-5-4-11(16)6-9(13)8-17-12-3-1-2-10(15)7-12/h1-7,17H,8H2. The first-order valence-corrected chi connectivity index (χ1v) is 5.46. The maximum absolute atomic E-state index is 13.0. The molecule has 0 amide bonds. The molecule has 0 unspecified atom stereocenters. The van der Waals surface area contributed by atoms with Gasteiger partial charge in [0.2, 0.25) is 0 Å². The summed E-state index contributed by atoms with van der Waals surface area (Å²) in [7, 11) is 0. The van der Waals surface area contributed by atoms with Crippen LogP contribution in [0.15, 0.2) is 42.5 Å². The Kier molecular flexibility index (Phi) is 3.59. The molecule has 4 heteroatoms. The van der Waals surface area contributed by atoms with Gasteiger partial charge in [-0.2, -0.15) is 0 Å². The number of halogens is 3. The molecule has 2 rings (SSSR count). The molecule has 0 aliphatic rings. The Morgan fingerprint density at radius 1 is 1.00 bits per heavy atom. The van der Waals surface area contributed by atoms with Crippen molar-refractivity contribution in [1.82, 2.24) is 0 Å². The average molecular weight is 254 g/mol. The topological polar surface area (TPSA) is 12.0 Å². The molecular weight excluding hydrogens is 244 g/mol. The lowest BCUT2D eigenvalue weighted by atomic mass is 10.2. The van der Waals surface area contributed by atoms with Gasteiger partial charge in [0.05, 0.1) is 0 Å². The Labute approximate surface area is 103 Å². The van der Waals surface area contributed by atoms with Crippen LogP contribution >= 0.6 is 11.6 Å². The van der Waals surface area contributed by atoms with Crippen molar-refractivity contribution in [3.8, 4) is 0 Å². The zero-order chi connectivity index (χ0) is 12.3. The zero-order valence-electron chi connectivity index (χ0n) is 8.88. The van der Waals surface area contributed by atoms with Crippen molar-refractivity contribution in [2.45, 2.75) is 6.54 Å². The summed E-state index contributed by atoms with van der Waals surface area (Å²) in [6.07, 6.45) is 0. The number of hydrogen-bond donors (Lipinski definition) is 1. The molecule has 0 spiro atoms. The van der Waals surface area contributed by atoms with E-state index in [4.69, 9.17) is 11.6 Å². The van der Waals surface area contributed by atoms with E-state index >= 15 is 0 Å². The lowest BCUT2D eigenvalue weighted by Gasteiger charge is -2.08. The smallest absolute Gasteiger partial charge is 0.125 e. The maximum atomic E-state index is 13.0. The Balaban J connectivity index is 2.09. The van der Waals surface area contributed by atoms with Gasteiger partial charge in [0.1, 0.15) is 11.6 Å². The summed E-state index contributed by atoms with van der Waals surface area (Å²) >= 11 is 5.91. The van der Waals surface area contributed by atoms with E-state index in [-0.39, 0.29) is 11.6 Å². The molecule has 17 heavy (non-hydrogen) atoms. The quantitative estimate of drug-likeness (QED) is 0.863. The molecule has 88 valence electrons. The fourth-order valence-electron chi connectivity index (χ4n) is 1.47. The van der Waals surface area contributed by atoms with Gasteiger partial charge in [-0.3, -0.25) is 0 Å². The molecule has 0 aliphatic heterocycles. The fraction of sp³-hybridized carbons (Fsp3) is 0.0769. The van der Waals surface area contributed by atoms with Crippen molar-refractivity contribution in [2.24, 2.45) is 0 Å². The van der Waals surface area contributed by atoms with Crippen molar-refractivity contribution in [3.05, 3.63) is 64.7 Å². The molecule has 0 atom stereocenters. The molecule has 0 saturated carbocycles. The first-order chi connectivity index (χ1) is 8.15. The van der Waals surface area contributed by atoms with E-state index in [0.29, 0.717) is 22.8 Å². The fourth-order valence-corrected chi connectivity index (χ4v) is 1.66. The molecule has 2 aromatic carbocycles. The SMILES string of the molecule is Fc1cccc(NCc2cc(F)ccc2Cl)c1. The van der Waals surface area contributed by atoms with E-state index in [1.807, 2.05) is 0 Å². The van der Waals surface area contributed by atoms with Gasteiger partial charge in [-0.05, 0) is 42.0 Å². The number of rotatable bonds is 3. The maximum Gasteiger partial charge on any atom is 0.125 e. The van der Waals surface area contributed by atoms with Crippen LogP contribution in [0, 0.1) is 11.6 Å². The summed E-state index contributed by atoms with van der Waals surface area (Å²) in [6.45, 7) is 0.347. The van der Waals surface area contributed by atoms with Gasteiger partial charge in [-0.15, -0.1) is 0 Å². The lowest BCUT2D eigenvalue weighted by Crippen LogP contribution is -2.00. The number of hydrogen-bond acceptors (Lipinski definition) is 1. The van der Waals surface area contributed by atoms with Gasteiger partial charge in [-0.1, -0.05) is 17.7 Å². The summed E-state index contributed by atoms with van der Waals surface area (Å²) in [4.78, 5) is 0. The van der Waals surface area contributed by atoms with Gasteiger partial charge >= 0.3 is 0 Å². The largest absolute Gasteiger partial charge is 0.381 e. The van der Waals surface area contributed by atoms with Crippen LogP contribution in [0.1, 0.15) is 5.56 Å².